The van der Waals surface area contributed by atoms with Crippen LogP contribution in [0.3, 0.4) is 0 Å². The minimum atomic E-state index is -0.866. The molecule has 1 saturated carbocycles. The van der Waals surface area contributed by atoms with Gasteiger partial charge in [0, 0.05) is 18.3 Å². The van der Waals surface area contributed by atoms with Crippen LogP contribution in [-0.2, 0) is 23.2 Å². The van der Waals surface area contributed by atoms with Crippen LogP contribution in [-0.4, -0.2) is 43.8 Å². The summed E-state index contributed by atoms with van der Waals surface area (Å²) in [6.07, 6.45) is 4.17. The van der Waals surface area contributed by atoms with Crippen LogP contribution in [0.25, 0.3) is 11.0 Å². The molecule has 0 saturated heterocycles. The number of hydrogen-bond acceptors (Lipinski definition) is 8. The van der Waals surface area contributed by atoms with Crippen LogP contribution in [0.1, 0.15) is 48.4 Å². The Labute approximate surface area is 210 Å². The van der Waals surface area contributed by atoms with Gasteiger partial charge in [-0.3, -0.25) is 9.29 Å². The number of amides is 1. The number of aromatic nitrogens is 2. The van der Waals surface area contributed by atoms with Gasteiger partial charge in [-0.2, -0.15) is 0 Å². The maximum absolute atomic E-state index is 15.0. The molecule has 190 valence electrons. The summed E-state index contributed by atoms with van der Waals surface area (Å²) in [4.78, 5) is 16.2. The minimum Gasteiger partial charge on any atom is -0.450 e. The fraction of sp³-hybridized carbons (Fsp3) is 0.375. The Morgan fingerprint density at radius 2 is 2.11 bits per heavy atom. The first-order valence-electron chi connectivity index (χ1n) is 11.6. The Morgan fingerprint density at radius 1 is 1.33 bits per heavy atom. The lowest BCUT2D eigenvalue weighted by Crippen LogP contribution is -2.33. The average Bonchev–Trinajstić information content (AvgIpc) is 3.41. The first-order valence-corrected chi connectivity index (χ1v) is 12.3. The molecular formula is C24H25F2N5O4S. The summed E-state index contributed by atoms with van der Waals surface area (Å²) >= 11 is -0.186. The smallest absolute Gasteiger partial charge is 0.412 e. The van der Waals surface area contributed by atoms with E-state index >= 15 is 4.39 Å². The highest BCUT2D eigenvalue weighted by molar-refractivity contribution is 7.92. The number of fused-ring (bicyclic) bond motifs is 2. The molecule has 1 aromatic carbocycles. The van der Waals surface area contributed by atoms with Gasteiger partial charge in [-0.05, 0) is 55.7 Å². The number of halogens is 2. The van der Waals surface area contributed by atoms with Gasteiger partial charge in [0.05, 0.1) is 23.3 Å². The summed E-state index contributed by atoms with van der Waals surface area (Å²) in [5.41, 5.74) is 2.69. The van der Waals surface area contributed by atoms with Gasteiger partial charge in [-0.15, -0.1) is 3.89 Å². The molecule has 1 fully saturated rings. The molecule has 2 heterocycles. The number of ether oxygens (including phenoxy) is 1. The Hall–Kier alpha value is -3.38. The van der Waals surface area contributed by atoms with Crippen molar-refractivity contribution in [1.29, 1.82) is 0 Å². The summed E-state index contributed by atoms with van der Waals surface area (Å²) in [5, 5.41) is 28.6. The van der Waals surface area contributed by atoms with E-state index in [9.17, 15) is 19.0 Å². The number of carbonyl (C=O) groups is 1. The van der Waals surface area contributed by atoms with Gasteiger partial charge in [-0.25, -0.2) is 14.2 Å². The second kappa shape index (κ2) is 9.58. The number of amidine groups is 1. The zero-order chi connectivity index (χ0) is 25.4. The summed E-state index contributed by atoms with van der Waals surface area (Å²) < 4.78 is 34.4. The molecule has 9 nitrogen and oxygen atoms in total. The molecule has 36 heavy (non-hydrogen) atoms. The van der Waals surface area contributed by atoms with Crippen molar-refractivity contribution in [3.63, 3.8) is 0 Å². The molecule has 3 aromatic rings. The molecule has 4 N–H and O–H groups in total. The zero-order valence-electron chi connectivity index (χ0n) is 19.4. The first-order chi connectivity index (χ1) is 17.3. The van der Waals surface area contributed by atoms with Crippen LogP contribution in [0.4, 0.5) is 18.9 Å². The molecule has 2 aliphatic carbocycles. The number of rotatable bonds is 6. The topological polar surface area (TPSA) is 121 Å². The van der Waals surface area contributed by atoms with Crippen molar-refractivity contribution >= 4 is 41.1 Å². The molecule has 2 aliphatic rings. The minimum absolute atomic E-state index is 0.0468. The SMILES string of the molecule is CCOC(=O)N/C(=N/O)c1cn(SF)c2cc(F)c(NC3Cc4ccc(C5(O)CCC5)cc4C3)nc12. The Balaban J connectivity index is 1.42. The van der Waals surface area contributed by atoms with E-state index in [4.69, 9.17) is 4.74 Å². The standard InChI is InChI=1S/C24H25F2N5O4S/c1-2-35-23(32)29-21(30-34)17-12-31(36-26)19-11-18(25)22(28-20(17)19)27-16-9-13-4-5-15(8-14(13)10-16)24(33)6-3-7-24/h4-5,8,11-12,16,33-34H,2-3,6-7,9-10H2,1H3,(H,27,28)(H,29,30,32). The van der Waals surface area contributed by atoms with E-state index in [-0.39, 0.29) is 53.2 Å². The molecule has 1 unspecified atom stereocenters. The Bertz CT molecular complexity index is 1360. The summed E-state index contributed by atoms with van der Waals surface area (Å²) in [6.45, 7) is 1.70. The predicted octanol–water partition coefficient (Wildman–Crippen LogP) is 4.39. The number of nitrogens with one attached hydrogen (secondary N) is 2. The van der Waals surface area contributed by atoms with Gasteiger partial charge in [0.2, 0.25) is 0 Å². The molecule has 0 radical (unpaired) electrons. The highest BCUT2D eigenvalue weighted by atomic mass is 32.2. The number of pyridine rings is 1. The largest absolute Gasteiger partial charge is 0.450 e. The number of nitrogens with zero attached hydrogens (tertiary/aromatic N) is 3. The van der Waals surface area contributed by atoms with E-state index < -0.39 is 17.5 Å². The van der Waals surface area contributed by atoms with Crippen molar-refractivity contribution in [1.82, 2.24) is 14.3 Å². The van der Waals surface area contributed by atoms with E-state index in [1.165, 1.54) is 6.20 Å². The molecular weight excluding hydrogens is 492 g/mol. The molecule has 0 bridgehead atoms. The van der Waals surface area contributed by atoms with E-state index in [1.807, 2.05) is 18.2 Å². The maximum Gasteiger partial charge on any atom is 0.412 e. The quantitative estimate of drug-likeness (QED) is 0.166. The van der Waals surface area contributed by atoms with E-state index in [0.29, 0.717) is 12.8 Å². The normalized spacial score (nSPS) is 18.6. The summed E-state index contributed by atoms with van der Waals surface area (Å²) in [7, 11) is 0. The third kappa shape index (κ3) is 4.35. The Kier molecular flexibility index (Phi) is 6.47. The third-order valence-electron chi connectivity index (χ3n) is 6.82. The van der Waals surface area contributed by atoms with Gasteiger partial charge in [0.25, 0.3) is 0 Å². The number of benzene rings is 1. The summed E-state index contributed by atoms with van der Waals surface area (Å²) in [5.74, 6) is -1.04. The fourth-order valence-corrected chi connectivity index (χ4v) is 5.20. The molecule has 2 aromatic heterocycles. The van der Waals surface area contributed by atoms with Gasteiger partial charge in [-0.1, -0.05) is 23.4 Å². The van der Waals surface area contributed by atoms with Crippen molar-refractivity contribution in [3.8, 4) is 0 Å². The van der Waals surface area contributed by atoms with Gasteiger partial charge >= 0.3 is 6.09 Å². The average molecular weight is 518 g/mol. The summed E-state index contributed by atoms with van der Waals surface area (Å²) in [6, 6.07) is 6.99. The van der Waals surface area contributed by atoms with E-state index in [0.717, 1.165) is 46.0 Å². The molecule has 0 aliphatic heterocycles. The second-order valence-electron chi connectivity index (χ2n) is 9.04. The van der Waals surface area contributed by atoms with Crippen LogP contribution in [0.5, 0.6) is 0 Å². The molecule has 1 atom stereocenters. The number of oxime groups is 1. The Morgan fingerprint density at radius 3 is 2.78 bits per heavy atom. The van der Waals surface area contributed by atoms with Crippen LogP contribution in [0, 0.1) is 5.82 Å². The number of aliphatic hydroxyl groups is 1. The third-order valence-corrected chi connectivity index (χ3v) is 7.27. The van der Waals surface area contributed by atoms with Crippen LogP contribution in [0.2, 0.25) is 0 Å². The first kappa shape index (κ1) is 24.3. The monoisotopic (exact) mass is 517 g/mol. The van der Waals surface area contributed by atoms with Gasteiger partial charge < -0.3 is 20.4 Å². The zero-order valence-corrected chi connectivity index (χ0v) is 20.2. The van der Waals surface area contributed by atoms with Crippen molar-refractivity contribution in [3.05, 3.63) is 58.5 Å². The number of hydrogen-bond donors (Lipinski definition) is 4. The molecule has 5 rings (SSSR count). The maximum atomic E-state index is 15.0. The van der Waals surface area contributed by atoms with Crippen molar-refractivity contribution in [2.45, 2.75) is 50.7 Å². The van der Waals surface area contributed by atoms with E-state index in [2.05, 4.69) is 20.8 Å². The highest BCUT2D eigenvalue weighted by Crippen LogP contribution is 2.42. The highest BCUT2D eigenvalue weighted by Gasteiger charge is 2.37. The molecule has 1 amide bonds. The van der Waals surface area contributed by atoms with Gasteiger partial charge in [0.1, 0.15) is 5.52 Å². The van der Waals surface area contributed by atoms with Crippen molar-refractivity contribution in [2.24, 2.45) is 5.16 Å². The number of anilines is 1. The van der Waals surface area contributed by atoms with Crippen LogP contribution < -0.4 is 10.6 Å². The fourth-order valence-electron chi connectivity index (χ4n) is 4.84. The molecule has 0 spiro atoms. The lowest BCUT2D eigenvalue weighted by molar-refractivity contribution is -0.0388. The number of carbonyl (C=O) groups excluding carboxylic acids is 1. The van der Waals surface area contributed by atoms with Crippen LogP contribution in [0.15, 0.2) is 35.6 Å². The van der Waals surface area contributed by atoms with E-state index in [1.54, 1.807) is 6.92 Å². The second-order valence-corrected chi connectivity index (χ2v) is 9.57. The number of alkyl carbamates (subject to hydrolysis) is 1. The van der Waals surface area contributed by atoms with Crippen LogP contribution >= 0.6 is 12.3 Å². The lowest BCUT2D eigenvalue weighted by Gasteiger charge is -2.37. The molecule has 12 heteroatoms. The lowest BCUT2D eigenvalue weighted by atomic mass is 9.74. The van der Waals surface area contributed by atoms with Gasteiger partial charge in [0.15, 0.2) is 29.8 Å². The predicted molar refractivity (Wildman–Crippen MR) is 131 cm³/mol. The van der Waals surface area contributed by atoms with Crippen molar-refractivity contribution < 1.29 is 28.1 Å². The van der Waals surface area contributed by atoms with Crippen molar-refractivity contribution in [2.75, 3.05) is 11.9 Å².